The number of alkyl halides is 2. The van der Waals surface area contributed by atoms with Crippen molar-refractivity contribution in [3.8, 4) is 5.75 Å². The number of ether oxygens (including phenoxy) is 1. The van der Waals surface area contributed by atoms with Crippen LogP contribution >= 0.6 is 0 Å². The number of amides is 2. The number of sulfonamides is 1. The summed E-state index contributed by atoms with van der Waals surface area (Å²) < 4.78 is 71.0. The maximum absolute atomic E-state index is 13.8. The summed E-state index contributed by atoms with van der Waals surface area (Å²) in [4.78, 5) is 22.8. The molecule has 2 fully saturated rings. The third kappa shape index (κ3) is 6.55. The minimum Gasteiger partial charge on any atom is -0.485 e. The zero-order chi connectivity index (χ0) is 23.4. The fraction of sp³-hybridized carbons (Fsp3) is 0.524. The highest BCUT2D eigenvalue weighted by molar-refractivity contribution is 7.89. The second-order valence-electron chi connectivity index (χ2n) is 7.99. The molecular formula is C21H25F3N2O5S. The minimum absolute atomic E-state index is 0.184. The number of carbonyl (C=O) groups excluding carboxylic acids is 2. The van der Waals surface area contributed by atoms with Gasteiger partial charge in [0.1, 0.15) is 6.61 Å². The lowest BCUT2D eigenvalue weighted by Gasteiger charge is -2.19. The lowest BCUT2D eigenvalue weighted by Crippen LogP contribution is -2.40. The van der Waals surface area contributed by atoms with E-state index in [-0.39, 0.29) is 35.7 Å². The molecule has 1 heterocycles. The molecular weight excluding hydrogens is 449 g/mol. The van der Waals surface area contributed by atoms with Crippen molar-refractivity contribution in [2.45, 2.75) is 50.5 Å². The van der Waals surface area contributed by atoms with Gasteiger partial charge in [0.15, 0.2) is 11.6 Å². The summed E-state index contributed by atoms with van der Waals surface area (Å²) in [5, 5.41) is 2.28. The molecule has 1 atom stereocenters. The predicted octanol–water partition coefficient (Wildman–Crippen LogP) is 2.77. The molecule has 1 saturated heterocycles. The Morgan fingerprint density at radius 3 is 2.66 bits per heavy atom. The van der Waals surface area contributed by atoms with Gasteiger partial charge in [-0.05, 0) is 49.8 Å². The molecule has 2 N–H and O–H groups in total. The van der Waals surface area contributed by atoms with E-state index in [2.05, 4.69) is 10.0 Å². The predicted molar refractivity (Wildman–Crippen MR) is 110 cm³/mol. The molecule has 0 radical (unpaired) electrons. The fourth-order valence-corrected chi connectivity index (χ4v) is 5.02. The van der Waals surface area contributed by atoms with E-state index in [1.54, 1.807) is 12.2 Å². The van der Waals surface area contributed by atoms with Gasteiger partial charge in [-0.2, -0.15) is 0 Å². The Bertz CT molecular complexity index is 993. The molecule has 3 rings (SSSR count). The quantitative estimate of drug-likeness (QED) is 0.379. The van der Waals surface area contributed by atoms with Crippen LogP contribution in [0.2, 0.25) is 0 Å². The van der Waals surface area contributed by atoms with Crippen LogP contribution in [0.4, 0.5) is 13.2 Å². The normalized spacial score (nSPS) is 20.6. The van der Waals surface area contributed by atoms with Crippen LogP contribution in [0.1, 0.15) is 44.1 Å². The van der Waals surface area contributed by atoms with Gasteiger partial charge in [-0.15, -0.1) is 0 Å². The molecule has 7 nitrogen and oxygen atoms in total. The Kier molecular flexibility index (Phi) is 7.60. The Hall–Kier alpha value is -2.40. The smallest absolute Gasteiger partial charge is 0.272 e. The Morgan fingerprint density at radius 1 is 1.25 bits per heavy atom. The SMILES string of the molecule is O=C1CCC(C/C=C/CCS(=O)(=O)NC2(c3ccc(F)c(OCC(F)F)c3)CC2)C(=O)N1. The highest BCUT2D eigenvalue weighted by Gasteiger charge is 2.47. The first-order valence-corrected chi connectivity index (χ1v) is 12.0. The monoisotopic (exact) mass is 474 g/mol. The van der Waals surface area contributed by atoms with Crippen LogP contribution in [-0.2, 0) is 25.2 Å². The van der Waals surface area contributed by atoms with Gasteiger partial charge in [0.05, 0.1) is 11.3 Å². The number of hydrogen-bond donors (Lipinski definition) is 2. The summed E-state index contributed by atoms with van der Waals surface area (Å²) in [7, 11) is -3.68. The fourth-order valence-electron chi connectivity index (χ4n) is 3.55. The van der Waals surface area contributed by atoms with E-state index in [9.17, 15) is 31.2 Å². The number of imide groups is 1. The van der Waals surface area contributed by atoms with E-state index >= 15 is 0 Å². The van der Waals surface area contributed by atoms with Crippen molar-refractivity contribution >= 4 is 21.8 Å². The zero-order valence-electron chi connectivity index (χ0n) is 17.3. The van der Waals surface area contributed by atoms with Crippen molar-refractivity contribution < 1.29 is 35.9 Å². The number of nitrogens with one attached hydrogen (secondary N) is 2. The summed E-state index contributed by atoms with van der Waals surface area (Å²) in [5.74, 6) is -2.22. The maximum Gasteiger partial charge on any atom is 0.272 e. The first-order chi connectivity index (χ1) is 15.1. The number of halogens is 3. The number of benzene rings is 1. The van der Waals surface area contributed by atoms with Crippen molar-refractivity contribution in [1.82, 2.24) is 10.0 Å². The molecule has 1 aliphatic heterocycles. The topological polar surface area (TPSA) is 102 Å². The first kappa shape index (κ1) is 24.2. The number of allylic oxidation sites excluding steroid dienone is 2. The van der Waals surface area contributed by atoms with Gasteiger partial charge in [-0.25, -0.2) is 26.3 Å². The molecule has 2 aliphatic rings. The Labute approximate surface area is 184 Å². The molecule has 1 saturated carbocycles. The van der Waals surface area contributed by atoms with Crippen LogP contribution in [-0.4, -0.2) is 39.0 Å². The van der Waals surface area contributed by atoms with Crippen molar-refractivity contribution in [1.29, 1.82) is 0 Å². The van der Waals surface area contributed by atoms with Gasteiger partial charge in [-0.1, -0.05) is 18.2 Å². The van der Waals surface area contributed by atoms with Crippen molar-refractivity contribution in [3.63, 3.8) is 0 Å². The summed E-state index contributed by atoms with van der Waals surface area (Å²) in [6.45, 7) is -0.954. The van der Waals surface area contributed by atoms with Gasteiger partial charge in [0.25, 0.3) is 6.43 Å². The van der Waals surface area contributed by atoms with Crippen LogP contribution in [0.25, 0.3) is 0 Å². The molecule has 1 aliphatic carbocycles. The molecule has 0 bridgehead atoms. The molecule has 11 heteroatoms. The standard InChI is InChI=1S/C21H25F3N2O5S/c22-16-7-6-15(12-17(16)31-13-18(23)24)21(9-10-21)26-32(29,30)11-3-1-2-4-14-5-8-19(27)25-20(14)28/h1-2,6-7,12,14,18,26H,3-5,8-11,13H2,(H,25,27,28)/b2-1+. The van der Waals surface area contributed by atoms with Crippen molar-refractivity contribution in [2.24, 2.45) is 5.92 Å². The first-order valence-electron chi connectivity index (χ1n) is 10.3. The van der Waals surface area contributed by atoms with Gasteiger partial charge < -0.3 is 4.74 Å². The van der Waals surface area contributed by atoms with E-state index in [1.807, 2.05) is 0 Å². The molecule has 2 amide bonds. The molecule has 1 unspecified atom stereocenters. The number of hydrogen-bond acceptors (Lipinski definition) is 5. The van der Waals surface area contributed by atoms with Crippen LogP contribution in [0.5, 0.6) is 5.75 Å². The molecule has 1 aromatic rings. The molecule has 0 aromatic heterocycles. The van der Waals surface area contributed by atoms with Crippen LogP contribution in [0.3, 0.4) is 0 Å². The zero-order valence-corrected chi connectivity index (χ0v) is 18.1. The van der Waals surface area contributed by atoms with E-state index in [4.69, 9.17) is 4.74 Å². The van der Waals surface area contributed by atoms with E-state index < -0.39 is 34.4 Å². The van der Waals surface area contributed by atoms with Gasteiger partial charge in [0.2, 0.25) is 21.8 Å². The Balaban J connectivity index is 1.53. The summed E-state index contributed by atoms with van der Waals surface area (Å²) in [6.07, 6.45) is 3.06. The summed E-state index contributed by atoms with van der Waals surface area (Å²) in [5.41, 5.74) is -0.438. The highest BCUT2D eigenvalue weighted by Crippen LogP contribution is 2.47. The van der Waals surface area contributed by atoms with Crippen LogP contribution < -0.4 is 14.8 Å². The second-order valence-corrected chi connectivity index (χ2v) is 9.84. The average molecular weight is 475 g/mol. The highest BCUT2D eigenvalue weighted by atomic mass is 32.2. The molecule has 1 aromatic carbocycles. The molecule has 32 heavy (non-hydrogen) atoms. The summed E-state index contributed by atoms with van der Waals surface area (Å²) >= 11 is 0. The van der Waals surface area contributed by atoms with E-state index in [0.29, 0.717) is 37.7 Å². The lowest BCUT2D eigenvalue weighted by atomic mass is 9.95. The van der Waals surface area contributed by atoms with E-state index in [0.717, 1.165) is 6.07 Å². The summed E-state index contributed by atoms with van der Waals surface area (Å²) in [6, 6.07) is 3.75. The third-order valence-electron chi connectivity index (χ3n) is 5.44. The van der Waals surface area contributed by atoms with E-state index in [1.165, 1.54) is 12.1 Å². The number of piperidine rings is 1. The van der Waals surface area contributed by atoms with Gasteiger partial charge in [-0.3, -0.25) is 14.9 Å². The number of carbonyl (C=O) groups is 2. The second kappa shape index (κ2) is 10.0. The third-order valence-corrected chi connectivity index (χ3v) is 6.92. The molecule has 176 valence electrons. The van der Waals surface area contributed by atoms with Crippen molar-refractivity contribution in [3.05, 3.63) is 41.7 Å². The lowest BCUT2D eigenvalue weighted by molar-refractivity contribution is -0.136. The average Bonchev–Trinajstić information content (AvgIpc) is 3.48. The number of rotatable bonds is 11. The molecule has 0 spiro atoms. The maximum atomic E-state index is 13.8. The van der Waals surface area contributed by atoms with Crippen LogP contribution in [0.15, 0.2) is 30.4 Å². The van der Waals surface area contributed by atoms with Gasteiger partial charge in [0, 0.05) is 12.3 Å². The minimum atomic E-state index is -3.68. The van der Waals surface area contributed by atoms with Gasteiger partial charge >= 0.3 is 0 Å². The Morgan fingerprint density at radius 2 is 2.00 bits per heavy atom. The largest absolute Gasteiger partial charge is 0.485 e. The van der Waals surface area contributed by atoms with Crippen LogP contribution in [0, 0.1) is 11.7 Å². The van der Waals surface area contributed by atoms with Crippen molar-refractivity contribution in [2.75, 3.05) is 12.4 Å².